The molecule has 1 amide bonds. The first-order chi connectivity index (χ1) is 18.7. The number of nitrogens with one attached hydrogen (secondary N) is 1. The number of hydrogen-bond acceptors (Lipinski definition) is 7. The quantitative estimate of drug-likeness (QED) is 0.406. The number of nitrogens with zero attached hydrogens (tertiary/aromatic N) is 3. The number of carbonyl (C=O) groups excluding carboxylic acids is 1. The van der Waals surface area contributed by atoms with E-state index in [1.54, 1.807) is 39.5 Å². The summed E-state index contributed by atoms with van der Waals surface area (Å²) in [6, 6.07) is 8.53. The van der Waals surface area contributed by atoms with E-state index in [9.17, 15) is 18.7 Å². The summed E-state index contributed by atoms with van der Waals surface area (Å²) in [4.78, 5) is 22.9. The highest BCUT2D eigenvalue weighted by molar-refractivity contribution is 5.78. The molecule has 0 unspecified atom stereocenters. The van der Waals surface area contributed by atoms with Crippen molar-refractivity contribution < 1.29 is 28.2 Å². The number of hydrogen-bond donors (Lipinski definition) is 2. The van der Waals surface area contributed by atoms with Gasteiger partial charge in [-0.1, -0.05) is 12.2 Å². The lowest BCUT2D eigenvalue weighted by Crippen LogP contribution is -2.51. The van der Waals surface area contributed by atoms with Gasteiger partial charge in [0, 0.05) is 50.9 Å². The molecule has 0 saturated carbocycles. The van der Waals surface area contributed by atoms with Crippen LogP contribution in [0.5, 0.6) is 5.88 Å². The maximum absolute atomic E-state index is 13.9. The minimum absolute atomic E-state index is 0.0873. The maximum atomic E-state index is 13.9. The number of aliphatic hydroxyl groups is 1. The molecule has 0 radical (unpaired) electrons. The van der Waals surface area contributed by atoms with Crippen LogP contribution in [0.15, 0.2) is 48.7 Å². The van der Waals surface area contributed by atoms with E-state index >= 15 is 0 Å². The third-order valence-electron chi connectivity index (χ3n) is 6.90. The van der Waals surface area contributed by atoms with Crippen molar-refractivity contribution in [3.05, 3.63) is 71.4 Å². The standard InChI is InChI=1S/C29H34F2N4O4/c1-35(2)28(37)17-26-22(32-13-4-5-18-15-20(30)6-7-21(18)31)8-10-25(39-26)24(36)16-19-12-14-33-23-9-11-27(38-3)34-29(19)23/h4-7,9,11-12,14-15,22,24-26,32,36H,8,10,13,16-17H2,1-3H3/t22-,24+,25+,26-/m1/s1. The minimum Gasteiger partial charge on any atom is -0.481 e. The highest BCUT2D eigenvalue weighted by Gasteiger charge is 2.36. The SMILES string of the molecule is COc1ccc2nccc(C[C@H](O)[C@@H]3CC[C@@H](NCC=Cc4cc(F)ccc4F)[C@@H](CC(=O)N(C)C)O3)c2n1. The Balaban J connectivity index is 1.43. The van der Waals surface area contributed by atoms with Crippen LogP contribution < -0.4 is 10.1 Å². The van der Waals surface area contributed by atoms with Gasteiger partial charge in [-0.25, -0.2) is 13.8 Å². The third kappa shape index (κ3) is 7.35. The Hall–Kier alpha value is -3.47. The molecule has 0 spiro atoms. The van der Waals surface area contributed by atoms with Crippen molar-refractivity contribution in [2.45, 2.75) is 50.0 Å². The van der Waals surface area contributed by atoms with Crippen molar-refractivity contribution in [2.75, 3.05) is 27.7 Å². The zero-order chi connectivity index (χ0) is 27.9. The lowest BCUT2D eigenvalue weighted by Gasteiger charge is -2.39. The first-order valence-corrected chi connectivity index (χ1v) is 12.9. The molecule has 1 fully saturated rings. The van der Waals surface area contributed by atoms with E-state index in [1.165, 1.54) is 11.0 Å². The third-order valence-corrected chi connectivity index (χ3v) is 6.90. The first-order valence-electron chi connectivity index (χ1n) is 12.9. The molecule has 0 aliphatic carbocycles. The van der Waals surface area contributed by atoms with Crippen LogP contribution in [-0.2, 0) is 16.0 Å². The minimum atomic E-state index is -0.822. The highest BCUT2D eigenvalue weighted by atomic mass is 19.1. The summed E-state index contributed by atoms with van der Waals surface area (Å²) < 4.78 is 38.9. The first kappa shape index (κ1) is 28.5. The molecule has 8 nitrogen and oxygen atoms in total. The second-order valence-corrected chi connectivity index (χ2v) is 9.83. The summed E-state index contributed by atoms with van der Waals surface area (Å²) in [6.45, 7) is 0.375. The van der Waals surface area contributed by atoms with Gasteiger partial charge in [-0.3, -0.25) is 9.78 Å². The molecule has 2 N–H and O–H groups in total. The average Bonchev–Trinajstić information content (AvgIpc) is 2.93. The molecule has 3 aromatic rings. The molecule has 1 aromatic carbocycles. The lowest BCUT2D eigenvalue weighted by atomic mass is 9.91. The normalized spacial score (nSPS) is 20.3. The van der Waals surface area contributed by atoms with Crippen molar-refractivity contribution in [3.63, 3.8) is 0 Å². The van der Waals surface area contributed by atoms with E-state index in [1.807, 2.05) is 12.1 Å². The Kier molecular flexibility index (Phi) is 9.55. The molecule has 1 saturated heterocycles. The number of aromatic nitrogens is 2. The number of aliphatic hydroxyl groups excluding tert-OH is 1. The number of benzene rings is 1. The Morgan fingerprint density at radius 1 is 1.26 bits per heavy atom. The van der Waals surface area contributed by atoms with Gasteiger partial charge in [0.2, 0.25) is 11.8 Å². The van der Waals surface area contributed by atoms with Crippen molar-refractivity contribution in [1.29, 1.82) is 0 Å². The van der Waals surface area contributed by atoms with Crippen LogP contribution in [0.1, 0.15) is 30.4 Å². The smallest absolute Gasteiger partial charge is 0.224 e. The van der Waals surface area contributed by atoms with Crippen LogP contribution in [0, 0.1) is 11.6 Å². The average molecular weight is 541 g/mol. The summed E-state index contributed by atoms with van der Waals surface area (Å²) in [6.07, 6.45) is 4.83. The monoisotopic (exact) mass is 540 g/mol. The van der Waals surface area contributed by atoms with Crippen molar-refractivity contribution in [2.24, 2.45) is 0 Å². The van der Waals surface area contributed by atoms with Crippen molar-refractivity contribution in [1.82, 2.24) is 20.2 Å². The van der Waals surface area contributed by atoms with E-state index in [-0.39, 0.29) is 23.9 Å². The second-order valence-electron chi connectivity index (χ2n) is 9.83. The molecule has 4 rings (SSSR count). The van der Waals surface area contributed by atoms with Crippen LogP contribution >= 0.6 is 0 Å². The number of ether oxygens (including phenoxy) is 2. The summed E-state index contributed by atoms with van der Waals surface area (Å²) in [5, 5.41) is 14.5. The lowest BCUT2D eigenvalue weighted by molar-refractivity contribution is -0.144. The van der Waals surface area contributed by atoms with E-state index in [4.69, 9.17) is 9.47 Å². The van der Waals surface area contributed by atoms with Crippen LogP contribution in [-0.4, -0.2) is 78.0 Å². The fourth-order valence-electron chi connectivity index (χ4n) is 4.72. The van der Waals surface area contributed by atoms with Gasteiger partial charge in [0.15, 0.2) is 0 Å². The van der Waals surface area contributed by atoms with Gasteiger partial charge in [0.1, 0.15) is 11.6 Å². The Labute approximate surface area is 226 Å². The number of methoxy groups -OCH3 is 1. The molecule has 39 heavy (non-hydrogen) atoms. The van der Waals surface area contributed by atoms with Gasteiger partial charge in [0.25, 0.3) is 0 Å². The molecule has 10 heteroatoms. The Morgan fingerprint density at radius 2 is 2.08 bits per heavy atom. The van der Waals surface area contributed by atoms with E-state index < -0.39 is 29.9 Å². The molecule has 3 heterocycles. The predicted molar refractivity (Wildman–Crippen MR) is 144 cm³/mol. The topological polar surface area (TPSA) is 96.8 Å². The van der Waals surface area contributed by atoms with E-state index in [0.717, 1.165) is 23.8 Å². The van der Waals surface area contributed by atoms with Crippen LogP contribution in [0.4, 0.5) is 8.78 Å². The molecule has 0 bridgehead atoms. The Bertz CT molecular complexity index is 1320. The van der Waals surface area contributed by atoms with Crippen LogP contribution in [0.25, 0.3) is 17.1 Å². The van der Waals surface area contributed by atoms with Gasteiger partial charge in [-0.05, 0) is 48.7 Å². The maximum Gasteiger partial charge on any atom is 0.224 e. The van der Waals surface area contributed by atoms with Crippen molar-refractivity contribution >= 4 is 23.0 Å². The molecule has 208 valence electrons. The fourth-order valence-corrected chi connectivity index (χ4v) is 4.72. The Morgan fingerprint density at radius 3 is 2.85 bits per heavy atom. The second kappa shape index (κ2) is 13.1. The molecular formula is C29H34F2N4O4. The zero-order valence-electron chi connectivity index (χ0n) is 22.3. The molecule has 4 atom stereocenters. The molecule has 2 aromatic heterocycles. The van der Waals surface area contributed by atoms with E-state index in [2.05, 4.69) is 15.3 Å². The van der Waals surface area contributed by atoms with Crippen molar-refractivity contribution in [3.8, 4) is 5.88 Å². The van der Waals surface area contributed by atoms with Gasteiger partial charge in [0.05, 0.1) is 42.9 Å². The predicted octanol–water partition coefficient (Wildman–Crippen LogP) is 3.52. The number of fused-ring (bicyclic) bond motifs is 1. The number of pyridine rings is 2. The van der Waals surface area contributed by atoms with Gasteiger partial charge < -0.3 is 24.8 Å². The van der Waals surface area contributed by atoms with Crippen LogP contribution in [0.3, 0.4) is 0 Å². The van der Waals surface area contributed by atoms with E-state index in [0.29, 0.717) is 42.7 Å². The van der Waals surface area contributed by atoms with Gasteiger partial charge in [-0.15, -0.1) is 0 Å². The zero-order valence-corrected chi connectivity index (χ0v) is 22.3. The molecular weight excluding hydrogens is 506 g/mol. The number of halogens is 2. The molecule has 1 aliphatic rings. The van der Waals surface area contributed by atoms with Crippen LogP contribution in [0.2, 0.25) is 0 Å². The van der Waals surface area contributed by atoms with Gasteiger partial charge in [-0.2, -0.15) is 0 Å². The summed E-state index contributed by atoms with van der Waals surface area (Å²) in [5.41, 5.74) is 2.35. The largest absolute Gasteiger partial charge is 0.481 e. The summed E-state index contributed by atoms with van der Waals surface area (Å²) in [5.74, 6) is -0.636. The highest BCUT2D eigenvalue weighted by Crippen LogP contribution is 2.27. The number of carbonyl (C=O) groups is 1. The fraction of sp³-hybridized carbons (Fsp3) is 0.414. The molecule has 1 aliphatic heterocycles. The number of amides is 1. The number of rotatable bonds is 10. The summed E-state index contributed by atoms with van der Waals surface area (Å²) in [7, 11) is 4.92. The summed E-state index contributed by atoms with van der Waals surface area (Å²) >= 11 is 0. The van der Waals surface area contributed by atoms with Gasteiger partial charge >= 0.3 is 0 Å².